The summed E-state index contributed by atoms with van der Waals surface area (Å²) in [4.78, 5) is 23.4. The van der Waals surface area contributed by atoms with E-state index in [1.165, 1.54) is 6.08 Å². The predicted molar refractivity (Wildman–Crippen MR) is 135 cm³/mol. The van der Waals surface area contributed by atoms with Crippen LogP contribution >= 0.6 is 11.3 Å². The fraction of sp³-hybridized carbons (Fsp3) is 0.346. The summed E-state index contributed by atoms with van der Waals surface area (Å²) in [5.41, 5.74) is 2.81. The quantitative estimate of drug-likeness (QED) is 0.485. The highest BCUT2D eigenvalue weighted by Gasteiger charge is 2.22. The highest BCUT2D eigenvalue weighted by Crippen LogP contribution is 2.19. The highest BCUT2D eigenvalue weighted by molar-refractivity contribution is 7.09. The van der Waals surface area contributed by atoms with E-state index in [0.29, 0.717) is 13.2 Å². The van der Waals surface area contributed by atoms with Crippen LogP contribution in [0.1, 0.15) is 35.7 Å². The molecule has 3 heterocycles. The molecule has 178 valence electrons. The van der Waals surface area contributed by atoms with Crippen LogP contribution in [-0.2, 0) is 22.7 Å². The number of rotatable bonds is 8. The molecule has 2 atom stereocenters. The normalized spacial score (nSPS) is 18.3. The van der Waals surface area contributed by atoms with Gasteiger partial charge >= 0.3 is 0 Å². The van der Waals surface area contributed by atoms with Gasteiger partial charge in [0.05, 0.1) is 22.9 Å². The van der Waals surface area contributed by atoms with Crippen molar-refractivity contribution in [2.75, 3.05) is 18.0 Å². The zero-order valence-electron chi connectivity index (χ0n) is 19.7. The number of anilines is 1. The Balaban J connectivity index is 1.22. The lowest BCUT2D eigenvalue weighted by atomic mass is 10.2. The van der Waals surface area contributed by atoms with Gasteiger partial charge in [0, 0.05) is 37.3 Å². The van der Waals surface area contributed by atoms with E-state index >= 15 is 0 Å². The van der Waals surface area contributed by atoms with Gasteiger partial charge in [0.1, 0.15) is 18.2 Å². The Morgan fingerprint density at radius 1 is 1.21 bits per heavy atom. The number of nitrogens with zero attached hydrogens (tertiary/aromatic N) is 3. The second-order valence-corrected chi connectivity index (χ2v) is 9.52. The molecule has 1 saturated heterocycles. The first kappa shape index (κ1) is 23.9. The van der Waals surface area contributed by atoms with Crippen LogP contribution in [0.4, 0.5) is 5.82 Å². The number of ether oxygens (including phenoxy) is 2. The molecule has 1 N–H and O–H groups in total. The number of nitrogens with one attached hydrogen (secondary N) is 1. The average Bonchev–Trinajstić information content (AvgIpc) is 3.25. The van der Waals surface area contributed by atoms with Gasteiger partial charge in [-0.3, -0.25) is 4.79 Å². The molecule has 0 radical (unpaired) electrons. The topological polar surface area (TPSA) is 76.6 Å². The summed E-state index contributed by atoms with van der Waals surface area (Å²) in [5, 5.41) is 5.94. The number of aryl methyl sites for hydroxylation is 1. The van der Waals surface area contributed by atoms with Crippen molar-refractivity contribution in [2.24, 2.45) is 0 Å². The number of amides is 1. The summed E-state index contributed by atoms with van der Waals surface area (Å²) in [6.45, 7) is 8.66. The molecule has 0 saturated carbocycles. The summed E-state index contributed by atoms with van der Waals surface area (Å²) < 4.78 is 11.5. The molecule has 1 aliphatic rings. The summed E-state index contributed by atoms with van der Waals surface area (Å²) in [6, 6.07) is 11.6. The van der Waals surface area contributed by atoms with Crippen LogP contribution in [0.3, 0.4) is 0 Å². The van der Waals surface area contributed by atoms with Crippen molar-refractivity contribution in [3.8, 4) is 5.75 Å². The molecule has 0 aliphatic carbocycles. The molecule has 1 amide bonds. The second-order valence-electron chi connectivity index (χ2n) is 8.45. The number of benzene rings is 1. The summed E-state index contributed by atoms with van der Waals surface area (Å²) in [7, 11) is 0. The van der Waals surface area contributed by atoms with Gasteiger partial charge in [-0.05, 0) is 56.2 Å². The molecule has 1 aromatic carbocycles. The van der Waals surface area contributed by atoms with Gasteiger partial charge in [-0.25, -0.2) is 9.97 Å². The third-order valence-electron chi connectivity index (χ3n) is 5.38. The Hall–Kier alpha value is -3.23. The number of pyridine rings is 1. The Morgan fingerprint density at radius 3 is 2.62 bits per heavy atom. The van der Waals surface area contributed by atoms with Crippen molar-refractivity contribution >= 4 is 29.1 Å². The molecule has 3 aromatic rings. The second kappa shape index (κ2) is 11.3. The van der Waals surface area contributed by atoms with E-state index in [9.17, 15) is 4.79 Å². The highest BCUT2D eigenvalue weighted by atomic mass is 32.1. The largest absolute Gasteiger partial charge is 0.487 e. The number of thiazole rings is 1. The van der Waals surface area contributed by atoms with E-state index in [4.69, 9.17) is 9.47 Å². The first-order chi connectivity index (χ1) is 16.4. The Kier molecular flexibility index (Phi) is 7.92. The zero-order chi connectivity index (χ0) is 23.9. The maximum atomic E-state index is 12.2. The molecule has 2 unspecified atom stereocenters. The minimum Gasteiger partial charge on any atom is -0.487 e. The number of carbonyl (C=O) groups excluding carboxylic acids is 1. The van der Waals surface area contributed by atoms with E-state index < -0.39 is 0 Å². The number of aromatic nitrogens is 2. The lowest BCUT2D eigenvalue weighted by Gasteiger charge is -2.36. The van der Waals surface area contributed by atoms with Crippen molar-refractivity contribution < 1.29 is 14.3 Å². The van der Waals surface area contributed by atoms with Gasteiger partial charge in [-0.1, -0.05) is 18.2 Å². The van der Waals surface area contributed by atoms with Crippen molar-refractivity contribution in [2.45, 2.75) is 46.1 Å². The molecule has 1 aliphatic heterocycles. The monoisotopic (exact) mass is 478 g/mol. The third-order valence-corrected chi connectivity index (χ3v) is 6.20. The Bertz CT molecular complexity index is 1100. The molecule has 8 heteroatoms. The molecule has 0 bridgehead atoms. The predicted octanol–water partition coefficient (Wildman–Crippen LogP) is 4.37. The fourth-order valence-corrected chi connectivity index (χ4v) is 4.40. The molecule has 34 heavy (non-hydrogen) atoms. The number of morpholine rings is 1. The van der Waals surface area contributed by atoms with E-state index in [1.54, 1.807) is 17.4 Å². The van der Waals surface area contributed by atoms with Crippen molar-refractivity contribution in [3.05, 3.63) is 75.9 Å². The zero-order valence-corrected chi connectivity index (χ0v) is 20.5. The molecule has 4 rings (SSSR count). The number of carbonyl (C=O) groups is 1. The lowest BCUT2D eigenvalue weighted by molar-refractivity contribution is -0.116. The number of hydrogen-bond donors (Lipinski definition) is 1. The molecular weight excluding hydrogens is 448 g/mol. The van der Waals surface area contributed by atoms with Gasteiger partial charge in [0.15, 0.2) is 0 Å². The van der Waals surface area contributed by atoms with E-state index in [-0.39, 0.29) is 18.1 Å². The fourth-order valence-electron chi connectivity index (χ4n) is 3.80. The van der Waals surface area contributed by atoms with Crippen LogP contribution in [0.2, 0.25) is 0 Å². The SMILES string of the molecule is Cc1nc(COc2ccc(/C=C/C(=O)NCc3ccc(N4CC(C)OC(C)C4)nc3)cc2)cs1. The first-order valence-corrected chi connectivity index (χ1v) is 12.3. The summed E-state index contributed by atoms with van der Waals surface area (Å²) in [5.74, 6) is 1.55. The molecule has 2 aromatic heterocycles. The van der Waals surface area contributed by atoms with Crippen molar-refractivity contribution in [1.82, 2.24) is 15.3 Å². The van der Waals surface area contributed by atoms with Crippen LogP contribution in [-0.4, -0.2) is 41.2 Å². The standard InChI is InChI=1S/C26H30N4O3S/c1-18-14-30(15-19(2)33-18)25-10-6-22(12-27-25)13-28-26(31)11-7-21-4-8-24(9-5-21)32-16-23-17-34-20(3)29-23/h4-12,17-19H,13-16H2,1-3H3,(H,28,31)/b11-7+. The van der Waals surface area contributed by atoms with E-state index in [0.717, 1.165) is 46.5 Å². The van der Waals surface area contributed by atoms with Crippen LogP contribution in [0, 0.1) is 6.92 Å². The molecule has 1 fully saturated rings. The van der Waals surface area contributed by atoms with E-state index in [2.05, 4.69) is 34.0 Å². The van der Waals surface area contributed by atoms with Crippen LogP contribution in [0.5, 0.6) is 5.75 Å². The van der Waals surface area contributed by atoms with Gasteiger partial charge in [-0.2, -0.15) is 0 Å². The Labute approximate surface area is 204 Å². The Morgan fingerprint density at radius 2 is 1.97 bits per heavy atom. The van der Waals surface area contributed by atoms with Gasteiger partial charge in [-0.15, -0.1) is 11.3 Å². The van der Waals surface area contributed by atoms with Crippen molar-refractivity contribution in [1.29, 1.82) is 0 Å². The van der Waals surface area contributed by atoms with Crippen molar-refractivity contribution in [3.63, 3.8) is 0 Å². The van der Waals surface area contributed by atoms with Gasteiger partial charge in [0.2, 0.25) is 5.91 Å². The molecular formula is C26H30N4O3S. The van der Waals surface area contributed by atoms with Crippen LogP contribution < -0.4 is 15.0 Å². The maximum absolute atomic E-state index is 12.2. The maximum Gasteiger partial charge on any atom is 0.244 e. The first-order valence-electron chi connectivity index (χ1n) is 11.4. The van der Waals surface area contributed by atoms with Gasteiger partial charge in [0.25, 0.3) is 0 Å². The summed E-state index contributed by atoms with van der Waals surface area (Å²) in [6.07, 6.45) is 5.51. The third kappa shape index (κ3) is 6.88. The smallest absolute Gasteiger partial charge is 0.244 e. The summed E-state index contributed by atoms with van der Waals surface area (Å²) >= 11 is 1.61. The number of hydrogen-bond acceptors (Lipinski definition) is 7. The molecule has 7 nitrogen and oxygen atoms in total. The average molecular weight is 479 g/mol. The van der Waals surface area contributed by atoms with Crippen LogP contribution in [0.25, 0.3) is 6.08 Å². The molecule has 0 spiro atoms. The van der Waals surface area contributed by atoms with Gasteiger partial charge < -0.3 is 19.7 Å². The minimum atomic E-state index is -0.154. The van der Waals surface area contributed by atoms with Crippen LogP contribution in [0.15, 0.2) is 54.1 Å². The lowest BCUT2D eigenvalue weighted by Crippen LogP contribution is -2.45. The van der Waals surface area contributed by atoms with E-state index in [1.807, 2.05) is 54.9 Å². The minimum absolute atomic E-state index is 0.154.